The summed E-state index contributed by atoms with van der Waals surface area (Å²) in [5, 5.41) is 26.8. The van der Waals surface area contributed by atoms with E-state index in [9.17, 15) is 18.4 Å². The topological polar surface area (TPSA) is 123 Å². The molecule has 0 bridgehead atoms. The number of aliphatic hydroxyl groups excluding tert-OH is 1. The fourth-order valence-corrected chi connectivity index (χ4v) is 2.29. The number of carbonyl (C=O) groups excluding carboxylic acids is 2. The Morgan fingerprint density at radius 1 is 0.968 bits per heavy atom. The summed E-state index contributed by atoms with van der Waals surface area (Å²) in [6, 6.07) is 10.7. The van der Waals surface area contributed by atoms with Gasteiger partial charge in [0.15, 0.2) is 6.04 Å². The predicted octanol–water partition coefficient (Wildman–Crippen LogP) is 1.47. The van der Waals surface area contributed by atoms with Gasteiger partial charge in [-0.1, -0.05) is 24.0 Å². The van der Waals surface area contributed by atoms with E-state index in [-0.39, 0.29) is 12.2 Å². The Labute approximate surface area is 176 Å². The molecule has 0 saturated carbocycles. The molecule has 0 aromatic heterocycles. The van der Waals surface area contributed by atoms with Gasteiger partial charge in [-0.3, -0.25) is 14.8 Å². The summed E-state index contributed by atoms with van der Waals surface area (Å²) in [5.41, 5.74) is 1.87. The van der Waals surface area contributed by atoms with Crippen molar-refractivity contribution in [3.05, 3.63) is 70.8 Å². The Morgan fingerprint density at radius 3 is 1.94 bits per heavy atom. The molecule has 158 valence electrons. The molecule has 2 aromatic rings. The van der Waals surface area contributed by atoms with Crippen LogP contribution in [0.4, 0.5) is 8.78 Å². The SMILES string of the molecule is N=C(C(F)F)[C@H](NC(=O)c1ccc(C#CC#Cc2ccc(CO)cc2)cc1)C(=O)NO. The molecule has 2 amide bonds. The van der Waals surface area contributed by atoms with Crippen LogP contribution < -0.4 is 10.8 Å². The zero-order chi connectivity index (χ0) is 22.8. The summed E-state index contributed by atoms with van der Waals surface area (Å²) >= 11 is 0. The van der Waals surface area contributed by atoms with Gasteiger partial charge in [0.05, 0.1) is 6.61 Å². The molecular weight excluding hydrogens is 408 g/mol. The van der Waals surface area contributed by atoms with E-state index in [1.165, 1.54) is 24.3 Å². The lowest BCUT2D eigenvalue weighted by molar-refractivity contribution is -0.129. The van der Waals surface area contributed by atoms with Gasteiger partial charge in [-0.05, 0) is 53.8 Å². The van der Waals surface area contributed by atoms with Crippen molar-refractivity contribution in [3.8, 4) is 23.7 Å². The molecular formula is C22H17F2N3O4. The first-order chi connectivity index (χ1) is 14.8. The lowest BCUT2D eigenvalue weighted by Gasteiger charge is -2.17. The first-order valence-corrected chi connectivity index (χ1v) is 8.79. The molecule has 0 radical (unpaired) electrons. The van der Waals surface area contributed by atoms with Crippen molar-refractivity contribution in [2.24, 2.45) is 0 Å². The summed E-state index contributed by atoms with van der Waals surface area (Å²) < 4.78 is 25.4. The zero-order valence-electron chi connectivity index (χ0n) is 15.9. The van der Waals surface area contributed by atoms with Crippen LogP contribution in [-0.4, -0.2) is 40.3 Å². The highest BCUT2D eigenvalue weighted by Gasteiger charge is 2.30. The maximum Gasteiger partial charge on any atom is 0.278 e. The van der Waals surface area contributed by atoms with Crippen LogP contribution in [0.15, 0.2) is 48.5 Å². The molecule has 7 nitrogen and oxygen atoms in total. The molecule has 0 unspecified atom stereocenters. The van der Waals surface area contributed by atoms with Gasteiger partial charge in [0.1, 0.15) is 5.71 Å². The number of alkyl halides is 2. The first kappa shape index (κ1) is 23.2. The number of halogens is 2. The van der Waals surface area contributed by atoms with E-state index >= 15 is 0 Å². The van der Waals surface area contributed by atoms with Crippen LogP contribution in [0.25, 0.3) is 0 Å². The van der Waals surface area contributed by atoms with Gasteiger partial charge < -0.3 is 15.8 Å². The third-order valence-electron chi connectivity index (χ3n) is 3.95. The van der Waals surface area contributed by atoms with Crippen molar-refractivity contribution < 1.29 is 28.7 Å². The summed E-state index contributed by atoms with van der Waals surface area (Å²) in [4.78, 5) is 23.7. The molecule has 5 N–H and O–H groups in total. The van der Waals surface area contributed by atoms with E-state index in [2.05, 4.69) is 23.7 Å². The number of hydrogen-bond donors (Lipinski definition) is 5. The number of amides is 2. The minimum Gasteiger partial charge on any atom is -0.392 e. The number of hydroxylamine groups is 1. The molecule has 0 fully saturated rings. The van der Waals surface area contributed by atoms with Gasteiger partial charge in [0.25, 0.3) is 18.2 Å². The molecule has 2 rings (SSSR count). The third-order valence-corrected chi connectivity index (χ3v) is 3.95. The summed E-state index contributed by atoms with van der Waals surface area (Å²) in [7, 11) is 0. The Kier molecular flexibility index (Phi) is 8.41. The molecule has 0 aliphatic heterocycles. The van der Waals surface area contributed by atoms with Gasteiger partial charge in [0, 0.05) is 16.7 Å². The second-order valence-electron chi connectivity index (χ2n) is 6.07. The number of carbonyl (C=O) groups is 2. The first-order valence-electron chi connectivity index (χ1n) is 8.79. The summed E-state index contributed by atoms with van der Waals surface area (Å²) in [6.07, 6.45) is -3.28. The van der Waals surface area contributed by atoms with Gasteiger partial charge in [-0.25, -0.2) is 14.3 Å². The van der Waals surface area contributed by atoms with E-state index < -0.39 is 30.0 Å². The lowest BCUT2D eigenvalue weighted by atomic mass is 10.1. The fraction of sp³-hybridized carbons (Fsp3) is 0.136. The van der Waals surface area contributed by atoms with Crippen LogP contribution >= 0.6 is 0 Å². The van der Waals surface area contributed by atoms with E-state index in [1.54, 1.807) is 24.3 Å². The molecule has 0 spiro atoms. The molecule has 1 atom stereocenters. The minimum atomic E-state index is -3.28. The van der Waals surface area contributed by atoms with Gasteiger partial charge in [0.2, 0.25) is 0 Å². The highest BCUT2D eigenvalue weighted by atomic mass is 19.3. The van der Waals surface area contributed by atoms with Gasteiger partial charge in [-0.2, -0.15) is 0 Å². The second kappa shape index (κ2) is 11.2. The van der Waals surface area contributed by atoms with Crippen molar-refractivity contribution in [1.29, 1.82) is 5.41 Å². The molecule has 0 saturated heterocycles. The van der Waals surface area contributed by atoms with Crippen LogP contribution in [0.3, 0.4) is 0 Å². The average molecular weight is 425 g/mol. The monoisotopic (exact) mass is 425 g/mol. The van der Waals surface area contributed by atoms with Crippen LogP contribution in [0.5, 0.6) is 0 Å². The second-order valence-corrected chi connectivity index (χ2v) is 6.07. The maximum absolute atomic E-state index is 12.7. The Hall–Kier alpha value is -4.05. The van der Waals surface area contributed by atoms with E-state index in [0.29, 0.717) is 5.56 Å². The smallest absolute Gasteiger partial charge is 0.278 e. The number of rotatable bonds is 6. The largest absolute Gasteiger partial charge is 0.392 e. The van der Waals surface area contributed by atoms with Crippen LogP contribution in [0, 0.1) is 29.1 Å². The molecule has 0 heterocycles. The number of hydrogen-bond acceptors (Lipinski definition) is 5. The fourth-order valence-electron chi connectivity index (χ4n) is 2.29. The van der Waals surface area contributed by atoms with E-state index in [0.717, 1.165) is 16.6 Å². The van der Waals surface area contributed by atoms with Crippen LogP contribution in [0.1, 0.15) is 27.0 Å². The van der Waals surface area contributed by atoms with Gasteiger partial charge in [-0.15, -0.1) is 0 Å². The van der Waals surface area contributed by atoms with E-state index in [1.807, 2.05) is 5.32 Å². The molecule has 2 aromatic carbocycles. The third kappa shape index (κ3) is 6.75. The Bertz CT molecular complexity index is 1080. The number of benzene rings is 2. The molecule has 0 aliphatic rings. The maximum atomic E-state index is 12.7. The molecule has 9 heteroatoms. The zero-order valence-corrected chi connectivity index (χ0v) is 15.9. The molecule has 31 heavy (non-hydrogen) atoms. The van der Waals surface area contributed by atoms with Crippen molar-refractivity contribution in [3.63, 3.8) is 0 Å². The average Bonchev–Trinajstić information content (AvgIpc) is 2.79. The van der Waals surface area contributed by atoms with E-state index in [4.69, 9.17) is 15.7 Å². The summed E-state index contributed by atoms with van der Waals surface area (Å²) in [6.45, 7) is -0.0500. The van der Waals surface area contributed by atoms with Crippen molar-refractivity contribution >= 4 is 17.5 Å². The van der Waals surface area contributed by atoms with Crippen molar-refractivity contribution in [2.45, 2.75) is 19.1 Å². The van der Waals surface area contributed by atoms with Crippen molar-refractivity contribution in [1.82, 2.24) is 10.8 Å². The van der Waals surface area contributed by atoms with Crippen molar-refractivity contribution in [2.75, 3.05) is 0 Å². The quantitative estimate of drug-likeness (QED) is 0.208. The minimum absolute atomic E-state index is 0.0402. The predicted molar refractivity (Wildman–Crippen MR) is 107 cm³/mol. The Morgan fingerprint density at radius 2 is 1.48 bits per heavy atom. The van der Waals surface area contributed by atoms with Gasteiger partial charge >= 0.3 is 0 Å². The standard InChI is InChI=1S/C22H17F2N3O4/c23-20(24)18(25)19(22(30)27-31)26-21(29)17-11-9-15(10-12-17)4-2-1-3-14-5-7-16(13-28)8-6-14/h5-12,19-20,25,28,31H,13H2,(H,26,29)(H,27,30)/t19-/m0/s1. The number of aliphatic hydroxyl groups is 1. The highest BCUT2D eigenvalue weighted by Crippen LogP contribution is 2.06. The summed E-state index contributed by atoms with van der Waals surface area (Å²) in [5.74, 6) is 8.72. The normalized spacial score (nSPS) is 10.7. The van der Waals surface area contributed by atoms with Crippen LogP contribution in [0.2, 0.25) is 0 Å². The van der Waals surface area contributed by atoms with Crippen LogP contribution in [-0.2, 0) is 11.4 Å². The number of nitrogens with one attached hydrogen (secondary N) is 3. The molecule has 0 aliphatic carbocycles. The Balaban J connectivity index is 2.05. The lowest BCUT2D eigenvalue weighted by Crippen LogP contribution is -2.52. The highest BCUT2D eigenvalue weighted by molar-refractivity contribution is 6.11.